The molecule has 30 heavy (non-hydrogen) atoms. The molecule has 0 aliphatic carbocycles. The molecule has 2 aromatic carbocycles. The van der Waals surface area contributed by atoms with Crippen molar-refractivity contribution in [2.24, 2.45) is 0 Å². The van der Waals surface area contributed by atoms with Crippen molar-refractivity contribution in [3.8, 4) is 6.07 Å². The SMILES string of the molecule is CC(C)(C)S(C)(C)OCCN(Cc1ccccc1)C(=O)c1c(F)ccc(C#N)c1Br. The van der Waals surface area contributed by atoms with Crippen molar-refractivity contribution in [1.82, 2.24) is 4.90 Å². The van der Waals surface area contributed by atoms with Gasteiger partial charge in [-0.1, -0.05) is 51.1 Å². The number of hydrogen-bond donors (Lipinski definition) is 0. The molecule has 7 heteroatoms. The second kappa shape index (κ2) is 9.95. The Balaban J connectivity index is 2.30. The molecular formula is C23H28BrFN2O2S. The van der Waals surface area contributed by atoms with Gasteiger partial charge < -0.3 is 9.08 Å². The van der Waals surface area contributed by atoms with Crippen LogP contribution < -0.4 is 0 Å². The van der Waals surface area contributed by atoms with E-state index in [-0.39, 0.29) is 20.3 Å². The van der Waals surface area contributed by atoms with Crippen molar-refractivity contribution in [1.29, 1.82) is 5.26 Å². The third-order valence-corrected chi connectivity index (χ3v) is 9.67. The molecule has 0 saturated carbocycles. The van der Waals surface area contributed by atoms with Crippen LogP contribution >= 0.6 is 26.2 Å². The van der Waals surface area contributed by atoms with Crippen LogP contribution in [-0.2, 0) is 10.7 Å². The van der Waals surface area contributed by atoms with Crippen molar-refractivity contribution in [2.45, 2.75) is 32.1 Å². The summed E-state index contributed by atoms with van der Waals surface area (Å²) in [4.78, 5) is 14.9. The normalized spacial score (nSPS) is 12.3. The van der Waals surface area contributed by atoms with Crippen molar-refractivity contribution >= 4 is 32.1 Å². The maximum Gasteiger partial charge on any atom is 0.258 e. The van der Waals surface area contributed by atoms with E-state index in [0.717, 1.165) is 11.6 Å². The third-order valence-electron chi connectivity index (χ3n) is 5.14. The summed E-state index contributed by atoms with van der Waals surface area (Å²) in [5, 5.41) is 9.25. The molecule has 0 N–H and O–H groups in total. The Morgan fingerprint density at radius 2 is 1.83 bits per heavy atom. The molecule has 0 heterocycles. The zero-order chi connectivity index (χ0) is 22.5. The monoisotopic (exact) mass is 494 g/mol. The first-order valence-corrected chi connectivity index (χ1v) is 12.7. The summed E-state index contributed by atoms with van der Waals surface area (Å²) in [5.41, 5.74) is 1.02. The molecule has 0 aliphatic rings. The van der Waals surface area contributed by atoms with E-state index in [9.17, 15) is 14.4 Å². The smallest absolute Gasteiger partial charge is 0.258 e. The van der Waals surface area contributed by atoms with Crippen LogP contribution in [0.2, 0.25) is 0 Å². The molecule has 2 aromatic rings. The molecule has 0 aromatic heterocycles. The van der Waals surface area contributed by atoms with Gasteiger partial charge in [0.25, 0.3) is 5.91 Å². The van der Waals surface area contributed by atoms with E-state index in [0.29, 0.717) is 19.7 Å². The van der Waals surface area contributed by atoms with Gasteiger partial charge in [-0.3, -0.25) is 4.79 Å². The van der Waals surface area contributed by atoms with Crippen LogP contribution in [0, 0.1) is 17.1 Å². The van der Waals surface area contributed by atoms with Crippen LogP contribution in [0.4, 0.5) is 4.39 Å². The van der Waals surface area contributed by atoms with Gasteiger partial charge >= 0.3 is 0 Å². The van der Waals surface area contributed by atoms with E-state index in [1.54, 1.807) is 4.90 Å². The summed E-state index contributed by atoms with van der Waals surface area (Å²) in [7, 11) is -1.35. The molecule has 0 atom stereocenters. The van der Waals surface area contributed by atoms with E-state index in [2.05, 4.69) is 49.2 Å². The van der Waals surface area contributed by atoms with Gasteiger partial charge in [-0.2, -0.15) is 5.26 Å². The van der Waals surface area contributed by atoms with Gasteiger partial charge in [-0.25, -0.2) is 4.39 Å². The first kappa shape index (κ1) is 24.4. The highest BCUT2D eigenvalue weighted by Gasteiger charge is 2.30. The van der Waals surface area contributed by atoms with Gasteiger partial charge in [0.1, 0.15) is 11.9 Å². The van der Waals surface area contributed by atoms with E-state index in [1.807, 2.05) is 36.4 Å². The van der Waals surface area contributed by atoms with Crippen molar-refractivity contribution < 1.29 is 13.4 Å². The van der Waals surface area contributed by atoms with Gasteiger partial charge in [0.15, 0.2) is 0 Å². The van der Waals surface area contributed by atoms with Gasteiger partial charge in [-0.15, -0.1) is 10.3 Å². The molecular weight excluding hydrogens is 467 g/mol. The minimum absolute atomic E-state index is 0.00245. The number of carbonyl (C=O) groups is 1. The number of hydrogen-bond acceptors (Lipinski definition) is 3. The number of halogens is 2. The first-order valence-electron chi connectivity index (χ1n) is 9.56. The van der Waals surface area contributed by atoms with E-state index in [1.165, 1.54) is 6.07 Å². The van der Waals surface area contributed by atoms with Crippen LogP contribution in [0.3, 0.4) is 0 Å². The molecule has 4 nitrogen and oxygen atoms in total. The molecule has 0 saturated heterocycles. The summed E-state index contributed by atoms with van der Waals surface area (Å²) in [6.45, 7) is 7.37. The Morgan fingerprint density at radius 1 is 1.20 bits per heavy atom. The van der Waals surface area contributed by atoms with E-state index >= 15 is 0 Å². The topological polar surface area (TPSA) is 53.3 Å². The average molecular weight is 495 g/mol. The Labute approximate surface area is 188 Å². The van der Waals surface area contributed by atoms with Gasteiger partial charge in [-0.05, 0) is 46.1 Å². The molecule has 0 fully saturated rings. The second-order valence-electron chi connectivity index (χ2n) is 8.28. The van der Waals surface area contributed by atoms with Gasteiger partial charge in [0.05, 0.1) is 22.2 Å². The lowest BCUT2D eigenvalue weighted by molar-refractivity contribution is 0.0714. The molecule has 0 bridgehead atoms. The quantitative estimate of drug-likeness (QED) is 0.481. The summed E-state index contributed by atoms with van der Waals surface area (Å²) in [6, 6.07) is 14.0. The predicted molar refractivity (Wildman–Crippen MR) is 125 cm³/mol. The molecule has 0 aliphatic heterocycles. The molecule has 0 radical (unpaired) electrons. The largest absolute Gasteiger partial charge is 0.335 e. The summed E-state index contributed by atoms with van der Waals surface area (Å²) in [5.74, 6) is -1.14. The number of carbonyl (C=O) groups excluding carboxylic acids is 1. The summed E-state index contributed by atoms with van der Waals surface area (Å²) < 4.78 is 20.9. The third kappa shape index (κ3) is 5.84. The molecule has 0 unspecified atom stereocenters. The van der Waals surface area contributed by atoms with Crippen LogP contribution in [-0.4, -0.2) is 41.2 Å². The van der Waals surface area contributed by atoms with Crippen LogP contribution in [0.25, 0.3) is 0 Å². The highest BCUT2D eigenvalue weighted by Crippen LogP contribution is 2.53. The fraction of sp³-hybridized carbons (Fsp3) is 0.391. The maximum atomic E-state index is 14.6. The predicted octanol–water partition coefficient (Wildman–Crippen LogP) is 5.90. The van der Waals surface area contributed by atoms with Gasteiger partial charge in [0.2, 0.25) is 0 Å². The Kier molecular flexibility index (Phi) is 8.09. The Morgan fingerprint density at radius 3 is 2.40 bits per heavy atom. The van der Waals surface area contributed by atoms with Crippen molar-refractivity contribution in [3.05, 3.63) is 69.4 Å². The fourth-order valence-corrected chi connectivity index (χ4v) is 4.01. The summed E-state index contributed by atoms with van der Waals surface area (Å²) >= 11 is 3.24. The standard InChI is InChI=1S/C23H28BrFN2O2S/c1-23(2,3)30(4,5)29-14-13-27(16-17-9-7-6-8-10-17)22(28)20-19(25)12-11-18(15-26)21(20)24/h6-12H,13-14,16H2,1-5H3. The number of rotatable bonds is 7. The zero-order valence-corrected chi connectivity index (χ0v) is 20.4. The van der Waals surface area contributed by atoms with E-state index < -0.39 is 22.0 Å². The summed E-state index contributed by atoms with van der Waals surface area (Å²) in [6.07, 6.45) is 4.20. The Hall–Kier alpha value is -1.88. The lowest BCUT2D eigenvalue weighted by Crippen LogP contribution is -2.35. The van der Waals surface area contributed by atoms with Crippen LogP contribution in [0.1, 0.15) is 42.3 Å². The highest BCUT2D eigenvalue weighted by molar-refractivity contribution is 9.10. The minimum atomic E-state index is -1.35. The van der Waals surface area contributed by atoms with Crippen LogP contribution in [0.15, 0.2) is 46.9 Å². The Bertz CT molecular complexity index is 937. The number of nitrogens with zero attached hydrogens (tertiary/aromatic N) is 2. The van der Waals surface area contributed by atoms with Gasteiger partial charge in [0, 0.05) is 17.8 Å². The van der Waals surface area contributed by atoms with Crippen LogP contribution in [0.5, 0.6) is 0 Å². The lowest BCUT2D eigenvalue weighted by Gasteiger charge is -2.44. The lowest BCUT2D eigenvalue weighted by atomic mass is 10.1. The zero-order valence-electron chi connectivity index (χ0n) is 18.0. The molecule has 162 valence electrons. The average Bonchev–Trinajstić information content (AvgIpc) is 2.67. The molecule has 2 rings (SSSR count). The van der Waals surface area contributed by atoms with Crippen molar-refractivity contribution in [2.75, 3.05) is 25.7 Å². The van der Waals surface area contributed by atoms with Crippen molar-refractivity contribution in [3.63, 3.8) is 0 Å². The number of amides is 1. The molecule has 1 amide bonds. The van der Waals surface area contributed by atoms with E-state index in [4.69, 9.17) is 4.18 Å². The number of nitriles is 1. The molecule has 0 spiro atoms. The second-order valence-corrected chi connectivity index (χ2v) is 13.0. The minimum Gasteiger partial charge on any atom is -0.335 e. The number of benzene rings is 2. The first-order chi connectivity index (χ1) is 14.0. The fourth-order valence-electron chi connectivity index (χ4n) is 2.58. The highest BCUT2D eigenvalue weighted by atomic mass is 79.9. The maximum absolute atomic E-state index is 14.6.